The lowest BCUT2D eigenvalue weighted by Gasteiger charge is -2.10. The molecule has 0 amide bonds. The molecule has 0 atom stereocenters. The Labute approximate surface area is 107 Å². The van der Waals surface area contributed by atoms with Crippen LogP contribution in [0.2, 0.25) is 0 Å². The standard InChI is InChI=1S/C14H17NO3/c1-10(2)14(16)18-8-7-17-13-6-5-12(15-4)9-11(13)3/h5-6,9H,1,4,7-8H2,2-3H3. The van der Waals surface area contributed by atoms with Crippen LogP contribution in [0.3, 0.4) is 0 Å². The van der Waals surface area contributed by atoms with Gasteiger partial charge < -0.3 is 9.47 Å². The van der Waals surface area contributed by atoms with Crippen molar-refractivity contribution in [3.05, 3.63) is 35.9 Å². The summed E-state index contributed by atoms with van der Waals surface area (Å²) >= 11 is 0. The maximum Gasteiger partial charge on any atom is 0.333 e. The molecule has 4 nitrogen and oxygen atoms in total. The van der Waals surface area contributed by atoms with Crippen molar-refractivity contribution < 1.29 is 14.3 Å². The molecule has 0 saturated carbocycles. The molecular formula is C14H17NO3. The molecule has 0 bridgehead atoms. The fourth-order valence-corrected chi connectivity index (χ4v) is 1.30. The lowest BCUT2D eigenvalue weighted by molar-refractivity contribution is -0.139. The SMILES string of the molecule is C=Nc1ccc(OCCOC(=O)C(=C)C)c(C)c1. The molecule has 0 fully saturated rings. The maximum absolute atomic E-state index is 11.1. The van der Waals surface area contributed by atoms with Gasteiger partial charge in [-0.05, 0) is 44.3 Å². The Morgan fingerprint density at radius 1 is 1.39 bits per heavy atom. The normalized spacial score (nSPS) is 9.67. The van der Waals surface area contributed by atoms with Gasteiger partial charge in [0, 0.05) is 5.57 Å². The van der Waals surface area contributed by atoms with E-state index in [0.717, 1.165) is 17.0 Å². The van der Waals surface area contributed by atoms with E-state index in [0.29, 0.717) is 12.2 Å². The van der Waals surface area contributed by atoms with E-state index in [1.54, 1.807) is 6.92 Å². The molecule has 0 aromatic heterocycles. The summed E-state index contributed by atoms with van der Waals surface area (Å²) in [4.78, 5) is 14.9. The van der Waals surface area contributed by atoms with Crippen LogP contribution in [0.15, 0.2) is 35.3 Å². The number of ether oxygens (including phenoxy) is 2. The predicted octanol–water partition coefficient (Wildman–Crippen LogP) is 2.83. The molecule has 1 aromatic rings. The average molecular weight is 247 g/mol. The molecule has 0 aliphatic carbocycles. The lowest BCUT2D eigenvalue weighted by atomic mass is 10.2. The molecule has 0 aliphatic heterocycles. The highest BCUT2D eigenvalue weighted by Gasteiger charge is 2.04. The van der Waals surface area contributed by atoms with E-state index in [1.165, 1.54) is 0 Å². The van der Waals surface area contributed by atoms with Crippen molar-refractivity contribution in [3.8, 4) is 5.75 Å². The van der Waals surface area contributed by atoms with Gasteiger partial charge in [0.05, 0.1) is 5.69 Å². The van der Waals surface area contributed by atoms with Crippen molar-refractivity contribution in [2.24, 2.45) is 4.99 Å². The summed E-state index contributed by atoms with van der Waals surface area (Å²) in [5, 5.41) is 0. The lowest BCUT2D eigenvalue weighted by Crippen LogP contribution is -2.12. The Balaban J connectivity index is 2.42. The number of hydrogen-bond donors (Lipinski definition) is 0. The first-order valence-corrected chi connectivity index (χ1v) is 5.57. The van der Waals surface area contributed by atoms with Crippen molar-refractivity contribution in [1.82, 2.24) is 0 Å². The zero-order valence-electron chi connectivity index (χ0n) is 10.7. The number of benzene rings is 1. The molecule has 0 unspecified atom stereocenters. The number of carbonyl (C=O) groups excluding carboxylic acids is 1. The minimum atomic E-state index is -0.401. The van der Waals surface area contributed by atoms with Gasteiger partial charge in [-0.1, -0.05) is 6.58 Å². The van der Waals surface area contributed by atoms with Gasteiger partial charge in [-0.3, -0.25) is 4.99 Å². The highest BCUT2D eigenvalue weighted by atomic mass is 16.6. The van der Waals surface area contributed by atoms with E-state index in [-0.39, 0.29) is 6.61 Å². The van der Waals surface area contributed by atoms with Crippen LogP contribution in [0.5, 0.6) is 5.75 Å². The minimum Gasteiger partial charge on any atom is -0.490 e. The molecule has 0 heterocycles. The monoisotopic (exact) mass is 247 g/mol. The Hall–Kier alpha value is -2.10. The quantitative estimate of drug-likeness (QED) is 0.336. The van der Waals surface area contributed by atoms with E-state index in [2.05, 4.69) is 18.3 Å². The third kappa shape index (κ3) is 4.05. The van der Waals surface area contributed by atoms with Gasteiger partial charge in [0.1, 0.15) is 19.0 Å². The minimum absolute atomic E-state index is 0.201. The van der Waals surface area contributed by atoms with Crippen molar-refractivity contribution in [3.63, 3.8) is 0 Å². The van der Waals surface area contributed by atoms with E-state index in [1.807, 2.05) is 25.1 Å². The molecule has 1 rings (SSSR count). The number of carbonyl (C=O) groups is 1. The summed E-state index contributed by atoms with van der Waals surface area (Å²) in [6.07, 6.45) is 0. The summed E-state index contributed by atoms with van der Waals surface area (Å²) in [5.41, 5.74) is 2.15. The highest BCUT2D eigenvalue weighted by molar-refractivity contribution is 5.86. The number of esters is 1. The number of aliphatic imine (C=N–C) groups is 1. The first-order chi connectivity index (χ1) is 8.54. The number of aryl methyl sites for hydroxylation is 1. The first kappa shape index (κ1) is 14.0. The summed E-state index contributed by atoms with van der Waals surface area (Å²) in [6.45, 7) is 11.0. The van der Waals surface area contributed by atoms with Crippen LogP contribution in [0, 0.1) is 6.92 Å². The zero-order chi connectivity index (χ0) is 13.5. The molecule has 0 spiro atoms. The van der Waals surface area contributed by atoms with Gasteiger partial charge >= 0.3 is 5.97 Å². The van der Waals surface area contributed by atoms with Crippen molar-refractivity contribution in [2.75, 3.05) is 13.2 Å². The summed E-state index contributed by atoms with van der Waals surface area (Å²) in [6, 6.07) is 5.51. The number of rotatable bonds is 6. The molecule has 0 radical (unpaired) electrons. The Bertz CT molecular complexity index is 466. The molecule has 18 heavy (non-hydrogen) atoms. The summed E-state index contributed by atoms with van der Waals surface area (Å²) in [5.74, 6) is 0.343. The summed E-state index contributed by atoms with van der Waals surface area (Å²) in [7, 11) is 0. The first-order valence-electron chi connectivity index (χ1n) is 5.57. The van der Waals surface area contributed by atoms with Crippen molar-refractivity contribution in [1.29, 1.82) is 0 Å². The molecule has 0 N–H and O–H groups in total. The molecule has 1 aromatic carbocycles. The molecule has 4 heteroatoms. The third-order valence-corrected chi connectivity index (χ3v) is 2.26. The van der Waals surface area contributed by atoms with Crippen LogP contribution in [0.4, 0.5) is 5.69 Å². The van der Waals surface area contributed by atoms with E-state index < -0.39 is 5.97 Å². The van der Waals surface area contributed by atoms with Gasteiger partial charge in [0.2, 0.25) is 0 Å². The van der Waals surface area contributed by atoms with Gasteiger partial charge in [-0.2, -0.15) is 0 Å². The van der Waals surface area contributed by atoms with Crippen LogP contribution in [0.1, 0.15) is 12.5 Å². The van der Waals surface area contributed by atoms with Gasteiger partial charge in [-0.15, -0.1) is 0 Å². The van der Waals surface area contributed by atoms with Crippen LogP contribution in [0.25, 0.3) is 0 Å². The van der Waals surface area contributed by atoms with Crippen LogP contribution in [-0.4, -0.2) is 25.9 Å². The Morgan fingerprint density at radius 2 is 2.11 bits per heavy atom. The van der Waals surface area contributed by atoms with Gasteiger partial charge in [0.25, 0.3) is 0 Å². The van der Waals surface area contributed by atoms with Crippen molar-refractivity contribution in [2.45, 2.75) is 13.8 Å². The van der Waals surface area contributed by atoms with E-state index in [9.17, 15) is 4.79 Å². The Kier molecular flexibility index (Phi) is 5.11. The predicted molar refractivity (Wildman–Crippen MR) is 71.7 cm³/mol. The molecular weight excluding hydrogens is 230 g/mol. The largest absolute Gasteiger partial charge is 0.490 e. The number of hydrogen-bond acceptors (Lipinski definition) is 4. The molecule has 0 aliphatic rings. The highest BCUT2D eigenvalue weighted by Crippen LogP contribution is 2.23. The second kappa shape index (κ2) is 6.59. The fourth-order valence-electron chi connectivity index (χ4n) is 1.30. The molecule has 0 saturated heterocycles. The third-order valence-electron chi connectivity index (χ3n) is 2.26. The van der Waals surface area contributed by atoms with Crippen LogP contribution >= 0.6 is 0 Å². The van der Waals surface area contributed by atoms with E-state index >= 15 is 0 Å². The second-order valence-corrected chi connectivity index (χ2v) is 3.87. The van der Waals surface area contributed by atoms with Gasteiger partial charge in [0.15, 0.2) is 0 Å². The van der Waals surface area contributed by atoms with Crippen LogP contribution in [-0.2, 0) is 9.53 Å². The van der Waals surface area contributed by atoms with Gasteiger partial charge in [-0.25, -0.2) is 4.79 Å². The molecule has 96 valence electrons. The fraction of sp³-hybridized carbons (Fsp3) is 0.286. The van der Waals surface area contributed by atoms with Crippen LogP contribution < -0.4 is 4.74 Å². The average Bonchev–Trinajstić information content (AvgIpc) is 2.35. The zero-order valence-corrected chi connectivity index (χ0v) is 10.7. The van der Waals surface area contributed by atoms with Crippen molar-refractivity contribution >= 4 is 18.4 Å². The summed E-state index contributed by atoms with van der Waals surface area (Å²) < 4.78 is 10.4. The topological polar surface area (TPSA) is 47.9 Å². The number of nitrogens with zero attached hydrogens (tertiary/aromatic N) is 1. The smallest absolute Gasteiger partial charge is 0.333 e. The second-order valence-electron chi connectivity index (χ2n) is 3.87. The Morgan fingerprint density at radius 3 is 2.67 bits per heavy atom. The maximum atomic E-state index is 11.1. The van der Waals surface area contributed by atoms with E-state index in [4.69, 9.17) is 9.47 Å².